The summed E-state index contributed by atoms with van der Waals surface area (Å²) in [6.45, 7) is 1.28. The summed E-state index contributed by atoms with van der Waals surface area (Å²) in [6, 6.07) is 6.66. The fourth-order valence-electron chi connectivity index (χ4n) is 1.13. The number of esters is 1. The molecule has 15 heavy (non-hydrogen) atoms. The Labute approximate surface area is 88.1 Å². The topological polar surface area (TPSA) is 66.8 Å². The smallest absolute Gasteiger partial charge is 0.338 e. The molecule has 2 N–H and O–H groups in total. The Balaban J connectivity index is 2.72. The first-order chi connectivity index (χ1) is 7.15. The molecular weight excluding hydrogens is 196 g/mol. The third-order valence-electron chi connectivity index (χ3n) is 1.86. The SMILES string of the molecule is CC(O)COC(=O)c1ccccc1CO. The van der Waals surface area contributed by atoms with Gasteiger partial charge in [0.2, 0.25) is 0 Å². The average molecular weight is 210 g/mol. The van der Waals surface area contributed by atoms with Crippen LogP contribution in [0.2, 0.25) is 0 Å². The summed E-state index contributed by atoms with van der Waals surface area (Å²) < 4.78 is 4.83. The van der Waals surface area contributed by atoms with Gasteiger partial charge in [0.05, 0.1) is 18.3 Å². The molecule has 0 saturated heterocycles. The van der Waals surface area contributed by atoms with Gasteiger partial charge >= 0.3 is 5.97 Å². The van der Waals surface area contributed by atoms with E-state index < -0.39 is 12.1 Å². The molecule has 0 aliphatic rings. The van der Waals surface area contributed by atoms with Crippen LogP contribution >= 0.6 is 0 Å². The van der Waals surface area contributed by atoms with Crippen LogP contribution in [0.5, 0.6) is 0 Å². The van der Waals surface area contributed by atoms with Crippen LogP contribution in [0.25, 0.3) is 0 Å². The average Bonchev–Trinajstić information content (AvgIpc) is 2.25. The molecule has 0 fully saturated rings. The molecule has 0 radical (unpaired) electrons. The molecule has 1 aromatic carbocycles. The monoisotopic (exact) mass is 210 g/mol. The number of aliphatic hydroxyl groups is 2. The first kappa shape index (κ1) is 11.7. The van der Waals surface area contributed by atoms with E-state index >= 15 is 0 Å². The van der Waals surface area contributed by atoms with Crippen LogP contribution in [0, 0.1) is 0 Å². The number of ether oxygens (including phenoxy) is 1. The lowest BCUT2D eigenvalue weighted by atomic mass is 10.1. The van der Waals surface area contributed by atoms with E-state index in [1.54, 1.807) is 24.3 Å². The number of hydrogen-bond acceptors (Lipinski definition) is 4. The maximum Gasteiger partial charge on any atom is 0.338 e. The molecule has 4 nitrogen and oxygen atoms in total. The van der Waals surface area contributed by atoms with E-state index in [-0.39, 0.29) is 13.2 Å². The molecule has 1 rings (SSSR count). The largest absolute Gasteiger partial charge is 0.459 e. The van der Waals surface area contributed by atoms with Gasteiger partial charge in [-0.1, -0.05) is 18.2 Å². The van der Waals surface area contributed by atoms with Gasteiger partial charge in [0.15, 0.2) is 0 Å². The van der Waals surface area contributed by atoms with E-state index in [9.17, 15) is 4.79 Å². The molecule has 0 spiro atoms. The van der Waals surface area contributed by atoms with Crippen molar-refractivity contribution < 1.29 is 19.7 Å². The van der Waals surface area contributed by atoms with Gasteiger partial charge in [-0.3, -0.25) is 0 Å². The summed E-state index contributed by atoms with van der Waals surface area (Å²) in [7, 11) is 0. The molecule has 0 amide bonds. The number of carbonyl (C=O) groups is 1. The van der Waals surface area contributed by atoms with E-state index in [0.29, 0.717) is 11.1 Å². The van der Waals surface area contributed by atoms with Crippen molar-refractivity contribution in [1.82, 2.24) is 0 Å². The van der Waals surface area contributed by atoms with E-state index in [0.717, 1.165) is 0 Å². The van der Waals surface area contributed by atoms with Crippen LogP contribution in [0.4, 0.5) is 0 Å². The molecule has 0 bridgehead atoms. The molecule has 4 heteroatoms. The molecule has 82 valence electrons. The Morgan fingerprint density at radius 1 is 1.47 bits per heavy atom. The van der Waals surface area contributed by atoms with E-state index in [2.05, 4.69) is 0 Å². The maximum absolute atomic E-state index is 11.5. The molecule has 1 unspecified atom stereocenters. The van der Waals surface area contributed by atoms with Gasteiger partial charge in [0.1, 0.15) is 6.61 Å². The number of hydrogen-bond donors (Lipinski definition) is 2. The molecule has 0 heterocycles. The Bertz CT molecular complexity index is 333. The maximum atomic E-state index is 11.5. The van der Waals surface area contributed by atoms with Crippen molar-refractivity contribution in [2.45, 2.75) is 19.6 Å². The summed E-state index contributed by atoms with van der Waals surface area (Å²) >= 11 is 0. The minimum absolute atomic E-state index is 0.0431. The van der Waals surface area contributed by atoms with Crippen molar-refractivity contribution in [3.63, 3.8) is 0 Å². The highest BCUT2D eigenvalue weighted by Crippen LogP contribution is 2.10. The van der Waals surface area contributed by atoms with E-state index in [1.807, 2.05) is 0 Å². The highest BCUT2D eigenvalue weighted by molar-refractivity contribution is 5.91. The van der Waals surface area contributed by atoms with Crippen molar-refractivity contribution in [2.24, 2.45) is 0 Å². The fraction of sp³-hybridized carbons (Fsp3) is 0.364. The molecular formula is C11H14O4. The van der Waals surface area contributed by atoms with Gasteiger partial charge < -0.3 is 14.9 Å². The number of rotatable bonds is 4. The Morgan fingerprint density at radius 2 is 2.13 bits per heavy atom. The third kappa shape index (κ3) is 3.34. The van der Waals surface area contributed by atoms with Gasteiger partial charge in [-0.05, 0) is 18.6 Å². The predicted octanol–water partition coefficient (Wildman–Crippen LogP) is 0.716. The van der Waals surface area contributed by atoms with Crippen LogP contribution in [0.3, 0.4) is 0 Å². The second-order valence-electron chi connectivity index (χ2n) is 3.26. The van der Waals surface area contributed by atoms with Crippen LogP contribution in [0.15, 0.2) is 24.3 Å². The van der Waals surface area contributed by atoms with Crippen molar-refractivity contribution >= 4 is 5.97 Å². The standard InChI is InChI=1S/C11H14O4/c1-8(13)7-15-11(14)10-5-3-2-4-9(10)6-12/h2-5,8,12-13H,6-7H2,1H3. The predicted molar refractivity (Wildman–Crippen MR) is 54.3 cm³/mol. The normalized spacial score (nSPS) is 12.2. The summed E-state index contributed by atoms with van der Waals surface area (Å²) in [5.41, 5.74) is 0.855. The highest BCUT2D eigenvalue weighted by Gasteiger charge is 2.12. The molecule has 0 aliphatic heterocycles. The van der Waals surface area contributed by atoms with Crippen molar-refractivity contribution in [2.75, 3.05) is 6.61 Å². The number of carbonyl (C=O) groups excluding carboxylic acids is 1. The second kappa shape index (κ2) is 5.48. The Kier molecular flexibility index (Phi) is 4.27. The van der Waals surface area contributed by atoms with E-state index in [4.69, 9.17) is 14.9 Å². The van der Waals surface area contributed by atoms with Crippen molar-refractivity contribution in [1.29, 1.82) is 0 Å². The van der Waals surface area contributed by atoms with Gasteiger partial charge in [-0.15, -0.1) is 0 Å². The zero-order valence-corrected chi connectivity index (χ0v) is 8.51. The van der Waals surface area contributed by atoms with Crippen LogP contribution in [0.1, 0.15) is 22.8 Å². The van der Waals surface area contributed by atoms with Gasteiger partial charge in [-0.25, -0.2) is 4.79 Å². The Morgan fingerprint density at radius 3 is 2.73 bits per heavy atom. The number of aliphatic hydroxyl groups excluding tert-OH is 2. The zero-order valence-electron chi connectivity index (χ0n) is 8.51. The molecule has 1 aromatic rings. The second-order valence-corrected chi connectivity index (χ2v) is 3.26. The fourth-order valence-corrected chi connectivity index (χ4v) is 1.13. The molecule has 0 aliphatic carbocycles. The van der Waals surface area contributed by atoms with E-state index in [1.165, 1.54) is 6.92 Å². The lowest BCUT2D eigenvalue weighted by molar-refractivity contribution is 0.0293. The van der Waals surface area contributed by atoms with Crippen molar-refractivity contribution in [3.8, 4) is 0 Å². The lowest BCUT2D eigenvalue weighted by Crippen LogP contribution is -2.16. The summed E-state index contributed by atoms with van der Waals surface area (Å²) in [5, 5.41) is 17.9. The first-order valence-electron chi connectivity index (χ1n) is 4.69. The van der Waals surface area contributed by atoms with Gasteiger partial charge in [0.25, 0.3) is 0 Å². The third-order valence-corrected chi connectivity index (χ3v) is 1.86. The quantitative estimate of drug-likeness (QED) is 0.718. The van der Waals surface area contributed by atoms with Gasteiger partial charge in [0, 0.05) is 0 Å². The molecule has 0 saturated carbocycles. The zero-order chi connectivity index (χ0) is 11.3. The summed E-state index contributed by atoms with van der Waals surface area (Å²) in [5.74, 6) is -0.527. The van der Waals surface area contributed by atoms with Gasteiger partial charge in [-0.2, -0.15) is 0 Å². The molecule has 1 atom stereocenters. The van der Waals surface area contributed by atoms with Crippen molar-refractivity contribution in [3.05, 3.63) is 35.4 Å². The summed E-state index contributed by atoms with van der Waals surface area (Å²) in [4.78, 5) is 11.5. The first-order valence-corrected chi connectivity index (χ1v) is 4.69. The number of benzene rings is 1. The Hall–Kier alpha value is -1.39. The van der Waals surface area contributed by atoms with Crippen LogP contribution in [-0.4, -0.2) is 28.9 Å². The molecule has 0 aromatic heterocycles. The van der Waals surface area contributed by atoms with Crippen LogP contribution < -0.4 is 0 Å². The lowest BCUT2D eigenvalue weighted by Gasteiger charge is -2.08. The van der Waals surface area contributed by atoms with Crippen LogP contribution in [-0.2, 0) is 11.3 Å². The highest BCUT2D eigenvalue weighted by atomic mass is 16.5. The summed E-state index contributed by atoms with van der Waals surface area (Å²) in [6.07, 6.45) is -0.685. The minimum atomic E-state index is -0.685. The minimum Gasteiger partial charge on any atom is -0.459 e.